The van der Waals surface area contributed by atoms with E-state index in [0.717, 1.165) is 82.8 Å². The summed E-state index contributed by atoms with van der Waals surface area (Å²) >= 11 is 1.83. The van der Waals surface area contributed by atoms with Gasteiger partial charge in [0, 0.05) is 52.8 Å². The van der Waals surface area contributed by atoms with Crippen LogP contribution in [0.5, 0.6) is 0 Å². The van der Waals surface area contributed by atoms with E-state index in [4.69, 9.17) is 23.8 Å². The van der Waals surface area contributed by atoms with E-state index >= 15 is 0 Å². The predicted octanol–water partition coefficient (Wildman–Crippen LogP) is 14.4. The third kappa shape index (κ3) is 5.19. The Balaban J connectivity index is 1.09. The van der Waals surface area contributed by atoms with E-state index in [1.54, 1.807) is 0 Å². The van der Waals surface area contributed by atoms with Crippen LogP contribution in [-0.4, -0.2) is 15.0 Å². The summed E-state index contributed by atoms with van der Waals surface area (Å²) in [5, 5.41) is 6.72. The Morgan fingerprint density at radius 1 is 0.333 bits per heavy atom. The molecule has 0 unspecified atom stereocenters. The van der Waals surface area contributed by atoms with Crippen molar-refractivity contribution in [1.82, 2.24) is 15.0 Å². The van der Waals surface area contributed by atoms with Gasteiger partial charge in [-0.25, -0.2) is 15.0 Å². The highest BCUT2D eigenvalue weighted by molar-refractivity contribution is 7.25. The zero-order valence-electron chi connectivity index (χ0n) is 30.3. The van der Waals surface area contributed by atoms with Crippen molar-refractivity contribution in [3.8, 4) is 56.4 Å². The standard InChI is InChI=1S/C51H29N3O2S/c1-2-11-30(12-3-1)31-13-10-14-33(27-31)49-52-50(34-21-23-37-36-15-4-7-18-42(36)55-44(37)29-34)54-51(53-49)40-25-24-35(47-39-17-5-8-19-43(39)56-48(40)47)32-22-26-46-41(28-32)38-16-6-9-20-45(38)57-46/h1-29H. The van der Waals surface area contributed by atoms with Crippen molar-refractivity contribution in [3.63, 3.8) is 0 Å². The van der Waals surface area contributed by atoms with Gasteiger partial charge in [0.25, 0.3) is 0 Å². The van der Waals surface area contributed by atoms with E-state index in [0.29, 0.717) is 17.5 Å². The molecule has 266 valence electrons. The molecule has 0 saturated carbocycles. The normalized spacial score (nSPS) is 11.9. The number of hydrogen-bond donors (Lipinski definition) is 0. The minimum absolute atomic E-state index is 0.528. The maximum Gasteiger partial charge on any atom is 0.167 e. The Bertz CT molecular complexity index is 3540. The molecule has 0 saturated heterocycles. The van der Waals surface area contributed by atoms with Gasteiger partial charge in [-0.2, -0.15) is 0 Å². The lowest BCUT2D eigenvalue weighted by Gasteiger charge is -2.11. The summed E-state index contributed by atoms with van der Waals surface area (Å²) in [7, 11) is 0. The number of furan rings is 2. The molecule has 0 N–H and O–H groups in total. The molecular weight excluding hydrogens is 719 g/mol. The smallest absolute Gasteiger partial charge is 0.167 e. The van der Waals surface area contributed by atoms with Crippen molar-refractivity contribution >= 4 is 75.4 Å². The van der Waals surface area contributed by atoms with E-state index in [2.05, 4.69) is 133 Å². The van der Waals surface area contributed by atoms with Crippen LogP contribution >= 0.6 is 11.3 Å². The van der Waals surface area contributed by atoms with Gasteiger partial charge in [0.2, 0.25) is 0 Å². The van der Waals surface area contributed by atoms with Crippen molar-refractivity contribution in [3.05, 3.63) is 176 Å². The largest absolute Gasteiger partial charge is 0.456 e. The molecular formula is C51H29N3O2S. The van der Waals surface area contributed by atoms with Gasteiger partial charge in [-0.3, -0.25) is 0 Å². The van der Waals surface area contributed by atoms with E-state index < -0.39 is 0 Å². The number of hydrogen-bond acceptors (Lipinski definition) is 6. The van der Waals surface area contributed by atoms with Crippen LogP contribution < -0.4 is 0 Å². The molecule has 0 aliphatic heterocycles. The molecule has 0 atom stereocenters. The van der Waals surface area contributed by atoms with Crippen LogP contribution in [-0.2, 0) is 0 Å². The second-order valence-corrected chi connectivity index (χ2v) is 15.4. The summed E-state index contributed by atoms with van der Waals surface area (Å²) in [5.41, 5.74) is 10.1. The molecule has 0 aliphatic carbocycles. The number of nitrogens with zero attached hydrogens (tertiary/aromatic N) is 3. The highest BCUT2D eigenvalue weighted by Crippen LogP contribution is 2.44. The molecule has 0 radical (unpaired) electrons. The zero-order chi connectivity index (χ0) is 37.5. The molecule has 12 aromatic rings. The summed E-state index contributed by atoms with van der Waals surface area (Å²) in [6.45, 7) is 0. The van der Waals surface area contributed by atoms with Crippen molar-refractivity contribution in [2.75, 3.05) is 0 Å². The lowest BCUT2D eigenvalue weighted by atomic mass is 9.96. The molecule has 57 heavy (non-hydrogen) atoms. The summed E-state index contributed by atoms with van der Waals surface area (Å²) in [6.07, 6.45) is 0. The number of aromatic nitrogens is 3. The van der Waals surface area contributed by atoms with E-state index in [9.17, 15) is 0 Å². The molecule has 12 rings (SSSR count). The average molecular weight is 748 g/mol. The van der Waals surface area contributed by atoms with Crippen LogP contribution in [0.4, 0.5) is 0 Å². The molecule has 4 heterocycles. The Hall–Kier alpha value is -7.41. The van der Waals surface area contributed by atoms with E-state index in [1.807, 2.05) is 53.8 Å². The number of benzene rings is 8. The van der Waals surface area contributed by atoms with E-state index in [1.165, 1.54) is 20.2 Å². The van der Waals surface area contributed by atoms with Crippen LogP contribution in [0.1, 0.15) is 0 Å². The number of para-hydroxylation sites is 2. The van der Waals surface area contributed by atoms with Crippen LogP contribution in [0.3, 0.4) is 0 Å². The Morgan fingerprint density at radius 2 is 0.947 bits per heavy atom. The first-order valence-corrected chi connectivity index (χ1v) is 19.7. The van der Waals surface area contributed by atoms with Gasteiger partial charge in [0.05, 0.1) is 5.56 Å². The third-order valence-electron chi connectivity index (χ3n) is 11.0. The average Bonchev–Trinajstić information content (AvgIpc) is 3.97. The fourth-order valence-electron chi connectivity index (χ4n) is 8.23. The maximum atomic E-state index is 6.79. The fraction of sp³-hybridized carbons (Fsp3) is 0. The zero-order valence-corrected chi connectivity index (χ0v) is 31.1. The first-order chi connectivity index (χ1) is 28.2. The Morgan fingerprint density at radius 3 is 1.81 bits per heavy atom. The highest BCUT2D eigenvalue weighted by Gasteiger charge is 2.22. The molecule has 4 aromatic heterocycles. The lowest BCUT2D eigenvalue weighted by Crippen LogP contribution is -2.00. The summed E-state index contributed by atoms with van der Waals surface area (Å²) < 4.78 is 15.7. The Kier molecular flexibility index (Phi) is 7.03. The first-order valence-electron chi connectivity index (χ1n) is 18.9. The molecule has 0 amide bonds. The number of fused-ring (bicyclic) bond motifs is 9. The van der Waals surface area contributed by atoms with Gasteiger partial charge in [0.15, 0.2) is 17.5 Å². The lowest BCUT2D eigenvalue weighted by molar-refractivity contribution is 0.668. The monoisotopic (exact) mass is 747 g/mol. The second kappa shape index (κ2) is 12.6. The number of rotatable bonds is 5. The van der Waals surface area contributed by atoms with Crippen LogP contribution in [0.15, 0.2) is 185 Å². The van der Waals surface area contributed by atoms with Gasteiger partial charge >= 0.3 is 0 Å². The highest BCUT2D eigenvalue weighted by atomic mass is 32.1. The minimum atomic E-state index is 0.528. The van der Waals surface area contributed by atoms with Gasteiger partial charge in [0.1, 0.15) is 22.3 Å². The van der Waals surface area contributed by atoms with Crippen molar-refractivity contribution in [1.29, 1.82) is 0 Å². The molecule has 0 bridgehead atoms. The van der Waals surface area contributed by atoms with Crippen LogP contribution in [0.25, 0.3) is 120 Å². The van der Waals surface area contributed by atoms with Gasteiger partial charge in [-0.1, -0.05) is 121 Å². The van der Waals surface area contributed by atoms with Crippen LogP contribution in [0.2, 0.25) is 0 Å². The second-order valence-electron chi connectivity index (χ2n) is 14.3. The molecule has 8 aromatic carbocycles. The molecule has 6 heteroatoms. The predicted molar refractivity (Wildman–Crippen MR) is 234 cm³/mol. The van der Waals surface area contributed by atoms with Gasteiger partial charge in [-0.05, 0) is 76.9 Å². The fourth-order valence-corrected chi connectivity index (χ4v) is 9.31. The summed E-state index contributed by atoms with van der Waals surface area (Å²) in [5.74, 6) is 1.64. The molecule has 0 aliphatic rings. The maximum absolute atomic E-state index is 6.79. The molecule has 0 spiro atoms. The SMILES string of the molecule is c1ccc(-c2cccc(-c3nc(-c4ccc5c(c4)oc4ccccc45)nc(-c4ccc(-c5ccc6sc7ccccc7c6c5)c5c4oc4ccccc45)n3)c2)cc1. The molecule has 0 fully saturated rings. The molecule has 5 nitrogen and oxygen atoms in total. The summed E-state index contributed by atoms with van der Waals surface area (Å²) in [4.78, 5) is 15.6. The van der Waals surface area contributed by atoms with Crippen molar-refractivity contribution in [2.24, 2.45) is 0 Å². The first kappa shape index (κ1) is 31.9. The van der Waals surface area contributed by atoms with Gasteiger partial charge < -0.3 is 8.83 Å². The van der Waals surface area contributed by atoms with Crippen LogP contribution in [0, 0.1) is 0 Å². The van der Waals surface area contributed by atoms with Crippen molar-refractivity contribution < 1.29 is 8.83 Å². The quantitative estimate of drug-likeness (QED) is 0.175. The topological polar surface area (TPSA) is 65.0 Å². The minimum Gasteiger partial charge on any atom is -0.456 e. The van der Waals surface area contributed by atoms with Crippen molar-refractivity contribution in [2.45, 2.75) is 0 Å². The number of thiophene rings is 1. The van der Waals surface area contributed by atoms with Gasteiger partial charge in [-0.15, -0.1) is 11.3 Å². The third-order valence-corrected chi connectivity index (χ3v) is 12.1. The summed E-state index contributed by atoms with van der Waals surface area (Å²) in [6, 6.07) is 61.0. The van der Waals surface area contributed by atoms with E-state index in [-0.39, 0.29) is 0 Å². The Labute approximate surface area is 330 Å².